The van der Waals surface area contributed by atoms with Gasteiger partial charge in [0.15, 0.2) is 5.54 Å². The van der Waals surface area contributed by atoms with Gasteiger partial charge in [-0.15, -0.1) is 0 Å². The summed E-state index contributed by atoms with van der Waals surface area (Å²) in [4.78, 5) is 10.4. The van der Waals surface area contributed by atoms with Gasteiger partial charge in [-0.3, -0.25) is 4.79 Å². The molecule has 12 heteroatoms. The Bertz CT molecular complexity index is 1170. The molecule has 0 radical (unpaired) electrons. The lowest BCUT2D eigenvalue weighted by molar-refractivity contribution is 0.0841. The summed E-state index contributed by atoms with van der Waals surface area (Å²) >= 11 is 6.09. The van der Waals surface area contributed by atoms with Crippen LogP contribution in [0.3, 0.4) is 0 Å². The highest BCUT2D eigenvalue weighted by molar-refractivity contribution is 8.45. The van der Waals surface area contributed by atoms with Gasteiger partial charge in [-0.25, -0.2) is 0 Å². The maximum atomic E-state index is 12.8. The Labute approximate surface area is 178 Å². The van der Waals surface area contributed by atoms with E-state index in [9.17, 15) is 29.5 Å². The third kappa shape index (κ3) is 4.53. The molecule has 0 spiro atoms. The van der Waals surface area contributed by atoms with Crippen LogP contribution in [0.1, 0.15) is 28.4 Å². The van der Waals surface area contributed by atoms with Gasteiger partial charge in [0, 0.05) is 17.5 Å². The number of benzene rings is 2. The minimum absolute atomic E-state index is 0.116. The van der Waals surface area contributed by atoms with Gasteiger partial charge in [-0.05, 0) is 43.3 Å². The smallest absolute Gasteiger partial charge is 0.310 e. The zero-order chi connectivity index (χ0) is 23.3. The highest BCUT2D eigenvalue weighted by Crippen LogP contribution is 3.02. The van der Waals surface area contributed by atoms with E-state index < -0.39 is 32.7 Å². The molecule has 0 aliphatic carbocycles. The van der Waals surface area contributed by atoms with Crippen molar-refractivity contribution >= 4 is 27.7 Å². The van der Waals surface area contributed by atoms with Crippen LogP contribution in [-0.2, 0) is 6.42 Å². The molecule has 3 rings (SSSR count). The standard InChI is InChI=1S/C19H13ClF5N3O2S/c1-19(10-27,16-8-13-6-11(9-26)7-15(20)17(13)30-16)28-18(29)12-2-4-14(5-3-12)31(21,22,23,24)25/h2-7,16H,8H2,1H3,(H,28,29)/t16-,19-/m1/s1. The van der Waals surface area contributed by atoms with E-state index in [1.54, 1.807) is 0 Å². The first-order valence-electron chi connectivity index (χ1n) is 8.53. The topological polar surface area (TPSA) is 85.9 Å². The summed E-state index contributed by atoms with van der Waals surface area (Å²) in [6.45, 7) is 1.34. The first-order valence-corrected chi connectivity index (χ1v) is 10.9. The number of nitrogens with one attached hydrogen (secondary N) is 1. The first-order chi connectivity index (χ1) is 14.1. The summed E-state index contributed by atoms with van der Waals surface area (Å²) < 4.78 is 69.9. The summed E-state index contributed by atoms with van der Waals surface area (Å²) in [5.41, 5.74) is -1.18. The molecule has 0 saturated carbocycles. The van der Waals surface area contributed by atoms with Crippen molar-refractivity contribution in [1.82, 2.24) is 5.32 Å². The normalized spacial score (nSPS) is 19.5. The number of halogens is 6. The van der Waals surface area contributed by atoms with Crippen LogP contribution in [0.15, 0.2) is 41.3 Å². The van der Waals surface area contributed by atoms with Crippen molar-refractivity contribution in [2.75, 3.05) is 0 Å². The Morgan fingerprint density at radius 3 is 2.32 bits per heavy atom. The number of nitrogens with zero attached hydrogens (tertiary/aromatic N) is 2. The molecule has 164 valence electrons. The van der Waals surface area contributed by atoms with Gasteiger partial charge in [0.05, 0.1) is 22.7 Å². The predicted octanol–water partition coefficient (Wildman–Crippen LogP) is 5.88. The lowest BCUT2D eigenvalue weighted by atomic mass is 9.92. The molecule has 0 bridgehead atoms. The molecule has 0 fully saturated rings. The second-order valence-electron chi connectivity index (χ2n) is 7.13. The molecule has 1 N–H and O–H groups in total. The fraction of sp³-hybridized carbons (Fsp3) is 0.211. The van der Waals surface area contributed by atoms with E-state index in [-0.39, 0.29) is 40.5 Å². The first kappa shape index (κ1) is 22.7. The number of ether oxygens (including phenoxy) is 1. The molecule has 1 heterocycles. The van der Waals surface area contributed by atoms with E-state index in [2.05, 4.69) is 5.32 Å². The van der Waals surface area contributed by atoms with Crippen molar-refractivity contribution < 1.29 is 29.0 Å². The van der Waals surface area contributed by atoms with Crippen LogP contribution in [0.5, 0.6) is 5.75 Å². The molecule has 1 amide bonds. The third-order valence-corrected chi connectivity index (χ3v) is 6.17. The largest absolute Gasteiger partial charge is 0.485 e. The van der Waals surface area contributed by atoms with Gasteiger partial charge in [-0.2, -0.15) is 10.5 Å². The number of carbonyl (C=O) groups excluding carboxylic acids is 1. The molecule has 1 aliphatic rings. The zero-order valence-corrected chi connectivity index (χ0v) is 17.2. The van der Waals surface area contributed by atoms with Gasteiger partial charge >= 0.3 is 10.2 Å². The maximum Gasteiger partial charge on any atom is 0.310 e. The molecule has 1 aliphatic heterocycles. The van der Waals surface area contributed by atoms with Crippen molar-refractivity contribution in [2.24, 2.45) is 0 Å². The van der Waals surface area contributed by atoms with Crippen molar-refractivity contribution in [3.63, 3.8) is 0 Å². The quantitative estimate of drug-likeness (QED) is 0.557. The van der Waals surface area contributed by atoms with E-state index in [1.165, 1.54) is 19.1 Å². The molecule has 2 aromatic carbocycles. The summed E-state index contributed by atoms with van der Waals surface area (Å²) in [5, 5.41) is 21.2. The molecule has 2 aromatic rings. The molecule has 0 unspecified atom stereocenters. The van der Waals surface area contributed by atoms with Crippen LogP contribution in [0, 0.1) is 22.7 Å². The van der Waals surface area contributed by atoms with Gasteiger partial charge in [0.2, 0.25) is 0 Å². The number of hydrogen-bond donors (Lipinski definition) is 1. The summed E-state index contributed by atoms with van der Waals surface area (Å²) in [5.74, 6) is -0.706. The summed E-state index contributed by atoms with van der Waals surface area (Å²) in [6.07, 6.45) is -0.801. The van der Waals surface area contributed by atoms with Crippen LogP contribution >= 0.6 is 21.8 Å². The maximum absolute atomic E-state index is 12.8. The number of carbonyl (C=O) groups is 1. The average molecular weight is 478 g/mol. The van der Waals surface area contributed by atoms with Crippen molar-refractivity contribution in [2.45, 2.75) is 29.9 Å². The lowest BCUT2D eigenvalue weighted by Crippen LogP contribution is -2.55. The summed E-state index contributed by atoms with van der Waals surface area (Å²) in [6, 6.07) is 8.16. The van der Waals surface area contributed by atoms with Gasteiger partial charge in [0.25, 0.3) is 5.91 Å². The van der Waals surface area contributed by atoms with Crippen molar-refractivity contribution in [3.05, 3.63) is 58.1 Å². The van der Waals surface area contributed by atoms with Crippen LogP contribution in [-0.4, -0.2) is 17.6 Å². The summed E-state index contributed by atoms with van der Waals surface area (Å²) in [7, 11) is -9.87. The Hall–Kier alpha value is -3.02. The molecule has 0 aromatic heterocycles. The molecule has 2 atom stereocenters. The second kappa shape index (κ2) is 6.49. The molecule has 31 heavy (non-hydrogen) atoms. The average Bonchev–Trinajstić information content (AvgIpc) is 3.11. The van der Waals surface area contributed by atoms with Gasteiger partial charge in [-0.1, -0.05) is 31.0 Å². The Balaban J connectivity index is 1.83. The van der Waals surface area contributed by atoms with Crippen LogP contribution < -0.4 is 10.1 Å². The molecule has 0 saturated heterocycles. The number of amides is 1. The van der Waals surface area contributed by atoms with Crippen LogP contribution in [0.4, 0.5) is 19.4 Å². The fourth-order valence-corrected chi connectivity index (χ4v) is 3.99. The monoisotopic (exact) mass is 477 g/mol. The van der Waals surface area contributed by atoms with Crippen LogP contribution in [0.25, 0.3) is 0 Å². The predicted molar refractivity (Wildman–Crippen MR) is 104 cm³/mol. The van der Waals surface area contributed by atoms with E-state index >= 15 is 0 Å². The van der Waals surface area contributed by atoms with E-state index in [0.717, 1.165) is 0 Å². The minimum Gasteiger partial charge on any atom is -0.485 e. The highest BCUT2D eigenvalue weighted by atomic mass is 35.5. The highest BCUT2D eigenvalue weighted by Gasteiger charge is 2.65. The van der Waals surface area contributed by atoms with E-state index in [0.29, 0.717) is 17.7 Å². The SMILES string of the molecule is C[C@](C#N)(NC(=O)c1ccc(S(F)(F)(F)(F)F)cc1)[C@H]1Cc2cc(C#N)cc(Cl)c2O1. The number of rotatable bonds is 4. The lowest BCUT2D eigenvalue weighted by Gasteiger charge is -2.40. The third-order valence-electron chi connectivity index (χ3n) is 4.73. The van der Waals surface area contributed by atoms with E-state index in [4.69, 9.17) is 21.6 Å². The number of hydrogen-bond acceptors (Lipinski definition) is 4. The van der Waals surface area contributed by atoms with Gasteiger partial charge < -0.3 is 10.1 Å². The van der Waals surface area contributed by atoms with Gasteiger partial charge in [0.1, 0.15) is 16.7 Å². The second-order valence-corrected chi connectivity index (χ2v) is 9.95. The number of nitriles is 2. The van der Waals surface area contributed by atoms with Crippen LogP contribution in [0.2, 0.25) is 5.02 Å². The fourth-order valence-electron chi connectivity index (χ4n) is 3.06. The Morgan fingerprint density at radius 2 is 1.81 bits per heavy atom. The molecular formula is C19H13ClF5N3O2S. The number of fused-ring (bicyclic) bond motifs is 1. The Morgan fingerprint density at radius 1 is 1.19 bits per heavy atom. The zero-order valence-electron chi connectivity index (χ0n) is 15.6. The van der Waals surface area contributed by atoms with E-state index in [1.807, 2.05) is 12.1 Å². The minimum atomic E-state index is -9.87. The van der Waals surface area contributed by atoms with Crippen molar-refractivity contribution in [1.29, 1.82) is 10.5 Å². The Kier molecular flexibility index (Phi) is 4.74. The van der Waals surface area contributed by atoms with Crippen molar-refractivity contribution in [3.8, 4) is 17.9 Å². The molecule has 5 nitrogen and oxygen atoms in total. The molecular weight excluding hydrogens is 465 g/mol.